The van der Waals surface area contributed by atoms with Gasteiger partial charge >= 0.3 is 0 Å². The molecule has 1 aromatic heterocycles. The lowest BCUT2D eigenvalue weighted by molar-refractivity contribution is -0.110. The van der Waals surface area contributed by atoms with E-state index in [0.717, 1.165) is 34.6 Å². The van der Waals surface area contributed by atoms with Crippen molar-refractivity contribution >= 4 is 34.3 Å². The van der Waals surface area contributed by atoms with E-state index in [1.807, 2.05) is 42.5 Å². The van der Waals surface area contributed by atoms with Crippen molar-refractivity contribution in [1.82, 2.24) is 4.98 Å². The molecule has 0 saturated heterocycles. The lowest BCUT2D eigenvalue weighted by Gasteiger charge is -2.29. The molecule has 1 aliphatic rings. The number of rotatable bonds is 6. The average Bonchev–Trinajstić information content (AvgIpc) is 3.09. The molecule has 5 heteroatoms. The Morgan fingerprint density at radius 2 is 1.83 bits per heavy atom. The minimum atomic E-state index is -0.172. The summed E-state index contributed by atoms with van der Waals surface area (Å²) in [6, 6.07) is 19.1. The third kappa shape index (κ3) is 3.62. The summed E-state index contributed by atoms with van der Waals surface area (Å²) in [5, 5.41) is 2.96. The number of nitrogens with one attached hydrogen (secondary N) is 1. The number of aromatic nitrogens is 1. The second-order valence-electron chi connectivity index (χ2n) is 7.22. The smallest absolute Gasteiger partial charge is 0.258 e. The first-order chi connectivity index (χ1) is 14.6. The van der Waals surface area contributed by atoms with Crippen LogP contribution in [0.2, 0.25) is 0 Å². The van der Waals surface area contributed by atoms with Crippen LogP contribution in [0, 0.1) is 0 Å². The van der Waals surface area contributed by atoms with Gasteiger partial charge in [0.05, 0.1) is 23.2 Å². The molecule has 150 valence electrons. The van der Waals surface area contributed by atoms with Crippen LogP contribution < -0.4 is 10.2 Å². The number of fused-ring (bicyclic) bond motifs is 1. The van der Waals surface area contributed by atoms with E-state index in [0.29, 0.717) is 17.7 Å². The van der Waals surface area contributed by atoms with Crippen LogP contribution in [0.4, 0.5) is 11.4 Å². The monoisotopic (exact) mass is 397 g/mol. The Balaban J connectivity index is 2.02. The molecule has 1 aliphatic heterocycles. The summed E-state index contributed by atoms with van der Waals surface area (Å²) in [6.45, 7) is 4.36. The molecule has 0 bridgehead atoms. The topological polar surface area (TPSA) is 62.3 Å². The van der Waals surface area contributed by atoms with Gasteiger partial charge in [0.25, 0.3) is 5.91 Å². The Hall–Kier alpha value is -3.73. The van der Waals surface area contributed by atoms with E-state index >= 15 is 0 Å². The number of hydrogen-bond acceptors (Lipinski definition) is 4. The van der Waals surface area contributed by atoms with E-state index in [9.17, 15) is 9.59 Å². The van der Waals surface area contributed by atoms with Gasteiger partial charge in [-0.05, 0) is 49.2 Å². The average molecular weight is 397 g/mol. The second kappa shape index (κ2) is 8.33. The van der Waals surface area contributed by atoms with Gasteiger partial charge in [-0.25, -0.2) is 0 Å². The summed E-state index contributed by atoms with van der Waals surface area (Å²) < 4.78 is 0. The predicted octanol–water partition coefficient (Wildman–Crippen LogP) is 5.02. The molecule has 1 N–H and O–H groups in total. The van der Waals surface area contributed by atoms with Crippen molar-refractivity contribution in [3.05, 3.63) is 89.7 Å². The van der Waals surface area contributed by atoms with Gasteiger partial charge in [0.2, 0.25) is 0 Å². The Morgan fingerprint density at radius 1 is 1.03 bits per heavy atom. The van der Waals surface area contributed by atoms with Crippen molar-refractivity contribution < 1.29 is 9.59 Å². The van der Waals surface area contributed by atoms with Gasteiger partial charge in [0.15, 0.2) is 5.78 Å². The zero-order chi connectivity index (χ0) is 21.1. The zero-order valence-electron chi connectivity index (χ0n) is 17.1. The van der Waals surface area contributed by atoms with E-state index in [1.165, 1.54) is 6.92 Å². The summed E-state index contributed by atoms with van der Waals surface area (Å²) in [6.07, 6.45) is 4.43. The molecule has 0 aliphatic carbocycles. The Labute approximate surface area is 176 Å². The Kier molecular flexibility index (Phi) is 5.44. The fourth-order valence-corrected chi connectivity index (χ4v) is 3.76. The third-order valence-electron chi connectivity index (χ3n) is 5.13. The summed E-state index contributed by atoms with van der Waals surface area (Å²) in [5.41, 5.74) is 5.26. The quantitative estimate of drug-likeness (QED) is 0.469. The highest BCUT2D eigenvalue weighted by atomic mass is 16.2. The highest BCUT2D eigenvalue weighted by Crippen LogP contribution is 2.40. The highest BCUT2D eigenvalue weighted by molar-refractivity contribution is 6.37. The number of carbonyl (C=O) groups excluding carboxylic acids is 2. The maximum absolute atomic E-state index is 13.2. The van der Waals surface area contributed by atoms with Gasteiger partial charge in [0, 0.05) is 29.6 Å². The van der Waals surface area contributed by atoms with E-state index in [2.05, 4.69) is 22.1 Å². The third-order valence-corrected chi connectivity index (χ3v) is 5.13. The van der Waals surface area contributed by atoms with Gasteiger partial charge in [-0.3, -0.25) is 14.6 Å². The van der Waals surface area contributed by atoms with Gasteiger partial charge in [-0.15, -0.1) is 0 Å². The number of pyridine rings is 1. The van der Waals surface area contributed by atoms with Crippen molar-refractivity contribution in [2.75, 3.05) is 16.8 Å². The number of carbonyl (C=O) groups is 2. The van der Waals surface area contributed by atoms with Crippen LogP contribution in [-0.4, -0.2) is 23.2 Å². The largest absolute Gasteiger partial charge is 0.339 e. The van der Waals surface area contributed by atoms with Crippen LogP contribution in [0.15, 0.2) is 73.1 Å². The van der Waals surface area contributed by atoms with Crippen molar-refractivity contribution in [3.8, 4) is 0 Å². The van der Waals surface area contributed by atoms with Crippen molar-refractivity contribution in [2.45, 2.75) is 20.3 Å². The Morgan fingerprint density at radius 3 is 2.50 bits per heavy atom. The summed E-state index contributed by atoms with van der Waals surface area (Å²) in [4.78, 5) is 31.6. The maximum Gasteiger partial charge on any atom is 0.258 e. The van der Waals surface area contributed by atoms with E-state index < -0.39 is 0 Å². The fraction of sp³-hybridized carbons (Fsp3) is 0.160. The number of amides is 1. The molecule has 0 saturated carbocycles. The molecular weight excluding hydrogens is 374 g/mol. The SMILES string of the molecule is CCCN(C(=C1C(=O)Nc2ccc(C(C)=O)cc21)c1ccccc1)c1cccnc1. The van der Waals surface area contributed by atoms with Crippen LogP contribution >= 0.6 is 0 Å². The fourth-order valence-electron chi connectivity index (χ4n) is 3.76. The van der Waals surface area contributed by atoms with Crippen LogP contribution in [-0.2, 0) is 4.79 Å². The lowest BCUT2D eigenvalue weighted by atomic mass is 9.96. The predicted molar refractivity (Wildman–Crippen MR) is 120 cm³/mol. The molecule has 0 fully saturated rings. The Bertz CT molecular complexity index is 1120. The van der Waals surface area contributed by atoms with E-state index in [1.54, 1.807) is 30.6 Å². The van der Waals surface area contributed by atoms with Crippen molar-refractivity contribution in [2.24, 2.45) is 0 Å². The van der Waals surface area contributed by atoms with Gasteiger partial charge in [0.1, 0.15) is 0 Å². The van der Waals surface area contributed by atoms with Crippen molar-refractivity contribution in [3.63, 3.8) is 0 Å². The molecular formula is C25H23N3O2. The van der Waals surface area contributed by atoms with Gasteiger partial charge in [-0.2, -0.15) is 0 Å². The highest BCUT2D eigenvalue weighted by Gasteiger charge is 2.31. The maximum atomic E-state index is 13.2. The van der Waals surface area contributed by atoms with Crippen LogP contribution in [0.5, 0.6) is 0 Å². The lowest BCUT2D eigenvalue weighted by Crippen LogP contribution is -2.25. The first-order valence-electron chi connectivity index (χ1n) is 10.0. The number of benzene rings is 2. The van der Waals surface area contributed by atoms with E-state index in [4.69, 9.17) is 0 Å². The van der Waals surface area contributed by atoms with Crippen LogP contribution in [0.3, 0.4) is 0 Å². The standard InChI is InChI=1S/C25H23N3O2/c1-3-14-28(20-10-7-13-26-16-20)24(18-8-5-4-6-9-18)23-21-15-19(17(2)29)11-12-22(21)27-25(23)30/h4-13,15-16H,3,14H2,1-2H3,(H,27,30). The second-order valence-corrected chi connectivity index (χ2v) is 7.22. The summed E-state index contributed by atoms with van der Waals surface area (Å²) in [7, 11) is 0. The minimum absolute atomic E-state index is 0.0320. The first-order valence-corrected chi connectivity index (χ1v) is 10.0. The van der Waals surface area contributed by atoms with Crippen LogP contribution in [0.1, 0.15) is 41.8 Å². The molecule has 0 radical (unpaired) electrons. The molecule has 1 amide bonds. The molecule has 2 heterocycles. The van der Waals surface area contributed by atoms with Gasteiger partial charge < -0.3 is 10.2 Å². The van der Waals surface area contributed by atoms with Gasteiger partial charge in [-0.1, -0.05) is 37.3 Å². The van der Waals surface area contributed by atoms with Crippen molar-refractivity contribution in [1.29, 1.82) is 0 Å². The minimum Gasteiger partial charge on any atom is -0.339 e. The number of nitrogens with zero attached hydrogens (tertiary/aromatic N) is 2. The number of ketones is 1. The molecule has 4 rings (SSSR count). The summed E-state index contributed by atoms with van der Waals surface area (Å²) in [5.74, 6) is -0.204. The van der Waals surface area contributed by atoms with E-state index in [-0.39, 0.29) is 11.7 Å². The molecule has 3 aromatic rings. The molecule has 0 unspecified atom stereocenters. The molecule has 0 spiro atoms. The zero-order valence-corrected chi connectivity index (χ0v) is 17.1. The molecule has 30 heavy (non-hydrogen) atoms. The molecule has 2 aromatic carbocycles. The van der Waals surface area contributed by atoms with Crippen LogP contribution in [0.25, 0.3) is 11.3 Å². The molecule has 0 atom stereocenters. The number of Topliss-reactive ketones (excluding diaryl/α,β-unsaturated/α-hetero) is 1. The summed E-state index contributed by atoms with van der Waals surface area (Å²) >= 11 is 0. The number of anilines is 2. The molecule has 5 nitrogen and oxygen atoms in total. The number of hydrogen-bond donors (Lipinski definition) is 1. The first kappa shape index (κ1) is 19.6. The normalized spacial score (nSPS) is 14.1.